The fourth-order valence-electron chi connectivity index (χ4n) is 3.13. The van der Waals surface area contributed by atoms with E-state index < -0.39 is 0 Å². The van der Waals surface area contributed by atoms with Crippen molar-refractivity contribution >= 4 is 5.91 Å². The van der Waals surface area contributed by atoms with Crippen molar-refractivity contribution in [1.29, 1.82) is 0 Å². The maximum Gasteiger partial charge on any atom is 0.276 e. The van der Waals surface area contributed by atoms with Crippen LogP contribution in [-0.2, 0) is 0 Å². The van der Waals surface area contributed by atoms with Crippen molar-refractivity contribution in [3.05, 3.63) is 11.9 Å². The van der Waals surface area contributed by atoms with Gasteiger partial charge in [0.25, 0.3) is 5.91 Å². The van der Waals surface area contributed by atoms with Crippen molar-refractivity contribution in [1.82, 2.24) is 25.2 Å². The summed E-state index contributed by atoms with van der Waals surface area (Å²) in [7, 11) is 1.90. The summed E-state index contributed by atoms with van der Waals surface area (Å²) in [6.45, 7) is 6.43. The molecule has 0 spiro atoms. The predicted molar refractivity (Wildman–Crippen MR) is 80.1 cm³/mol. The van der Waals surface area contributed by atoms with E-state index in [9.17, 15) is 4.79 Å². The van der Waals surface area contributed by atoms with Crippen LogP contribution in [0.4, 0.5) is 0 Å². The zero-order chi connectivity index (χ0) is 15.0. The molecule has 1 aromatic heterocycles. The molecule has 6 heteroatoms. The fraction of sp³-hybridized carbons (Fsp3) is 0.800. The molecule has 1 N–H and O–H groups in total. The number of hydrogen-bond acceptors (Lipinski definition) is 4. The second-order valence-corrected chi connectivity index (χ2v) is 7.21. The van der Waals surface area contributed by atoms with E-state index in [1.54, 1.807) is 6.20 Å². The number of nitrogens with zero attached hydrogens (tertiary/aromatic N) is 4. The van der Waals surface area contributed by atoms with Crippen LogP contribution in [0.1, 0.15) is 56.1 Å². The number of amides is 1. The summed E-state index contributed by atoms with van der Waals surface area (Å²) in [6.07, 6.45) is 6.30. The normalized spacial score (nSPS) is 22.8. The summed E-state index contributed by atoms with van der Waals surface area (Å²) in [6, 6.07) is 0.681. The molecule has 2 fully saturated rings. The van der Waals surface area contributed by atoms with Crippen molar-refractivity contribution in [3.8, 4) is 0 Å². The van der Waals surface area contributed by atoms with Gasteiger partial charge >= 0.3 is 0 Å². The minimum atomic E-state index is -0.00163. The summed E-state index contributed by atoms with van der Waals surface area (Å²) in [5, 5.41) is 11.3. The Kier molecular flexibility index (Phi) is 3.73. The third-order valence-electron chi connectivity index (χ3n) is 5.04. The van der Waals surface area contributed by atoms with E-state index in [-0.39, 0.29) is 5.91 Å². The zero-order valence-corrected chi connectivity index (χ0v) is 13.2. The van der Waals surface area contributed by atoms with E-state index in [2.05, 4.69) is 29.5 Å². The molecule has 0 atom stereocenters. The van der Waals surface area contributed by atoms with Crippen molar-refractivity contribution in [2.24, 2.45) is 5.41 Å². The fourth-order valence-corrected chi connectivity index (χ4v) is 3.13. The van der Waals surface area contributed by atoms with Crippen LogP contribution < -0.4 is 5.32 Å². The minimum absolute atomic E-state index is 0.00163. The number of rotatable bonds is 3. The smallest absolute Gasteiger partial charge is 0.276 e. The van der Waals surface area contributed by atoms with Gasteiger partial charge in [0.05, 0.1) is 12.2 Å². The van der Waals surface area contributed by atoms with Crippen LogP contribution in [0, 0.1) is 5.41 Å². The summed E-state index contributed by atoms with van der Waals surface area (Å²) in [5.41, 5.74) is 0.884. The standard InChI is InChI=1S/C15H25N5O/c1-15(2)6-4-11(5-7-15)19(3)14(21)13-10-20(18-17-13)12-8-16-9-12/h10-12,16H,4-9H2,1-3H3. The first-order chi connectivity index (χ1) is 9.96. The number of nitrogens with one attached hydrogen (secondary N) is 1. The Bertz CT molecular complexity index is 510. The molecule has 1 aliphatic heterocycles. The van der Waals surface area contributed by atoms with Crippen molar-refractivity contribution in [3.63, 3.8) is 0 Å². The number of carbonyl (C=O) groups is 1. The van der Waals surface area contributed by atoms with Crippen molar-refractivity contribution < 1.29 is 4.79 Å². The van der Waals surface area contributed by atoms with Gasteiger partial charge in [-0.1, -0.05) is 19.1 Å². The van der Waals surface area contributed by atoms with Gasteiger partial charge < -0.3 is 10.2 Å². The maximum atomic E-state index is 12.5. The number of aromatic nitrogens is 3. The monoisotopic (exact) mass is 291 g/mol. The van der Waals surface area contributed by atoms with Crippen LogP contribution in [0.25, 0.3) is 0 Å². The van der Waals surface area contributed by atoms with Gasteiger partial charge in [-0.25, -0.2) is 4.68 Å². The highest BCUT2D eigenvalue weighted by atomic mass is 16.2. The highest BCUT2D eigenvalue weighted by molar-refractivity contribution is 5.91. The quantitative estimate of drug-likeness (QED) is 0.916. The summed E-state index contributed by atoms with van der Waals surface area (Å²) in [4.78, 5) is 14.4. The van der Waals surface area contributed by atoms with E-state index in [0.29, 0.717) is 23.2 Å². The van der Waals surface area contributed by atoms with E-state index in [4.69, 9.17) is 0 Å². The Morgan fingerprint density at radius 1 is 1.38 bits per heavy atom. The molecule has 6 nitrogen and oxygen atoms in total. The molecule has 0 unspecified atom stereocenters. The molecule has 0 radical (unpaired) electrons. The first-order valence-electron chi connectivity index (χ1n) is 7.86. The molecule has 1 saturated carbocycles. The molecule has 1 aromatic rings. The van der Waals surface area contributed by atoms with Gasteiger partial charge in [-0.15, -0.1) is 5.10 Å². The Morgan fingerprint density at radius 3 is 2.62 bits per heavy atom. The SMILES string of the molecule is CN(C(=O)c1cn(C2CNC2)nn1)C1CCC(C)(C)CC1. The summed E-state index contributed by atoms with van der Waals surface area (Å²) in [5.74, 6) is -0.00163. The molecule has 0 aromatic carbocycles. The molecule has 116 valence electrons. The van der Waals surface area contributed by atoms with E-state index in [0.717, 1.165) is 25.9 Å². The van der Waals surface area contributed by atoms with Gasteiger partial charge in [0, 0.05) is 26.2 Å². The Hall–Kier alpha value is -1.43. The van der Waals surface area contributed by atoms with Gasteiger partial charge in [0.15, 0.2) is 5.69 Å². The summed E-state index contributed by atoms with van der Waals surface area (Å²) < 4.78 is 1.81. The zero-order valence-electron chi connectivity index (χ0n) is 13.2. The number of carbonyl (C=O) groups excluding carboxylic acids is 1. The van der Waals surface area contributed by atoms with Gasteiger partial charge in [0.1, 0.15) is 0 Å². The van der Waals surface area contributed by atoms with Crippen LogP contribution >= 0.6 is 0 Å². The van der Waals surface area contributed by atoms with Crippen LogP contribution in [0.3, 0.4) is 0 Å². The molecule has 3 rings (SSSR count). The number of hydrogen-bond donors (Lipinski definition) is 1. The van der Waals surface area contributed by atoms with Gasteiger partial charge in [0.2, 0.25) is 0 Å². The van der Waals surface area contributed by atoms with Crippen LogP contribution in [0.5, 0.6) is 0 Å². The van der Waals surface area contributed by atoms with Crippen LogP contribution in [0.15, 0.2) is 6.20 Å². The lowest BCUT2D eigenvalue weighted by Crippen LogP contribution is -2.43. The first kappa shape index (κ1) is 14.5. The summed E-state index contributed by atoms with van der Waals surface area (Å²) >= 11 is 0. The van der Waals surface area contributed by atoms with Crippen molar-refractivity contribution in [2.45, 2.75) is 51.6 Å². The highest BCUT2D eigenvalue weighted by Gasteiger charge is 2.32. The second kappa shape index (κ2) is 5.40. The molecule has 1 aliphatic carbocycles. The molecule has 0 bridgehead atoms. The molecule has 2 heterocycles. The lowest BCUT2D eigenvalue weighted by molar-refractivity contribution is 0.0629. The molecule has 2 aliphatic rings. The van der Waals surface area contributed by atoms with E-state index in [1.165, 1.54) is 12.8 Å². The molecular weight excluding hydrogens is 266 g/mol. The topological polar surface area (TPSA) is 63.1 Å². The molecular formula is C15H25N5O. The largest absolute Gasteiger partial charge is 0.337 e. The molecule has 1 amide bonds. The Labute approximate surface area is 125 Å². The van der Waals surface area contributed by atoms with Gasteiger partial charge in [-0.3, -0.25) is 4.79 Å². The Morgan fingerprint density at radius 2 is 2.05 bits per heavy atom. The van der Waals surface area contributed by atoms with Gasteiger partial charge in [-0.05, 0) is 31.1 Å². The van der Waals surface area contributed by atoms with Gasteiger partial charge in [-0.2, -0.15) is 0 Å². The first-order valence-corrected chi connectivity index (χ1v) is 7.86. The maximum absolute atomic E-state index is 12.5. The third kappa shape index (κ3) is 2.95. The minimum Gasteiger partial charge on any atom is -0.337 e. The van der Waals surface area contributed by atoms with E-state index in [1.807, 2.05) is 16.6 Å². The second-order valence-electron chi connectivity index (χ2n) is 7.21. The highest BCUT2D eigenvalue weighted by Crippen LogP contribution is 2.36. The van der Waals surface area contributed by atoms with Crippen LogP contribution in [0.2, 0.25) is 0 Å². The predicted octanol–water partition coefficient (Wildman–Crippen LogP) is 1.46. The lowest BCUT2D eigenvalue weighted by Gasteiger charge is -2.38. The van der Waals surface area contributed by atoms with Crippen LogP contribution in [-0.4, -0.2) is 52.0 Å². The average Bonchev–Trinajstić information content (AvgIpc) is 2.84. The average molecular weight is 291 g/mol. The lowest BCUT2D eigenvalue weighted by atomic mass is 9.75. The molecule has 1 saturated heterocycles. The molecule has 21 heavy (non-hydrogen) atoms. The Balaban J connectivity index is 1.63. The van der Waals surface area contributed by atoms with Crippen molar-refractivity contribution in [2.75, 3.05) is 20.1 Å². The van der Waals surface area contributed by atoms with E-state index >= 15 is 0 Å². The third-order valence-corrected chi connectivity index (χ3v) is 5.04.